The highest BCUT2D eigenvalue weighted by molar-refractivity contribution is 7.26. The minimum absolute atomic E-state index is 0.184. The molecule has 0 saturated heterocycles. The summed E-state index contributed by atoms with van der Waals surface area (Å²) < 4.78 is 7.60. The number of thiophene rings is 1. The number of hydrogen-bond acceptors (Lipinski definition) is 1. The van der Waals surface area contributed by atoms with Crippen LogP contribution in [-0.4, -0.2) is 9.13 Å². The molecule has 4 fully saturated rings. The maximum atomic E-state index is 2.57. The van der Waals surface area contributed by atoms with Gasteiger partial charge in [-0.1, -0.05) is 164 Å². The molecule has 2 nitrogen and oxygen atoms in total. The van der Waals surface area contributed by atoms with E-state index < -0.39 is 0 Å². The highest BCUT2D eigenvalue weighted by atomic mass is 32.1. The van der Waals surface area contributed by atoms with Gasteiger partial charge in [-0.25, -0.2) is 0 Å². The molecule has 11 aromatic carbocycles. The second-order valence-electron chi connectivity index (χ2n) is 23.2. The Kier molecular flexibility index (Phi) is 8.75. The highest BCUT2D eigenvalue weighted by Crippen LogP contribution is 2.69. The molecule has 77 heavy (non-hydrogen) atoms. The van der Waals surface area contributed by atoms with Crippen molar-refractivity contribution in [2.75, 3.05) is 0 Å². The molecule has 5 aliphatic rings. The van der Waals surface area contributed by atoms with Crippen molar-refractivity contribution in [2.24, 2.45) is 23.7 Å². The first-order valence-corrected chi connectivity index (χ1v) is 28.8. The summed E-state index contributed by atoms with van der Waals surface area (Å²) in [6.07, 6.45) is 7.11. The molecule has 3 aromatic heterocycles. The fourth-order valence-electron chi connectivity index (χ4n) is 16.7. The number of hydrogen-bond donors (Lipinski definition) is 0. The van der Waals surface area contributed by atoms with Crippen LogP contribution in [0.1, 0.15) is 43.2 Å². The van der Waals surface area contributed by atoms with Crippen LogP contribution in [0.4, 0.5) is 0 Å². The quantitative estimate of drug-likeness (QED) is 0.163. The number of rotatable bonds is 5. The molecule has 19 rings (SSSR count). The van der Waals surface area contributed by atoms with E-state index in [4.69, 9.17) is 0 Å². The molecular weight excluding hydrogens is 949 g/mol. The zero-order valence-corrected chi connectivity index (χ0v) is 43.4. The molecule has 4 bridgehead atoms. The SMILES string of the molecule is c1cc(-c2cccc3c(-c4ccc5c(c4)-c4ccccc4C54C5CC6CC(C5)CC4C6)cccc23)cc(-n2c3ccccc3c3cc(-c4ccc5c(c4)c4ccccc4n5-c4cccc5c4sc4ccccc45)ccc32)c1. The van der Waals surface area contributed by atoms with E-state index in [0.717, 1.165) is 29.4 Å². The van der Waals surface area contributed by atoms with Gasteiger partial charge in [0.1, 0.15) is 0 Å². The van der Waals surface area contributed by atoms with E-state index in [1.807, 2.05) is 11.3 Å². The monoisotopic (exact) mass is 1000 g/mol. The van der Waals surface area contributed by atoms with Gasteiger partial charge in [0.15, 0.2) is 0 Å². The average molecular weight is 1000 g/mol. The van der Waals surface area contributed by atoms with E-state index >= 15 is 0 Å². The fraction of sp³-hybridized carbons (Fsp3) is 0.135. The van der Waals surface area contributed by atoms with Crippen LogP contribution in [0.2, 0.25) is 0 Å². The van der Waals surface area contributed by atoms with Crippen LogP contribution in [0, 0.1) is 23.7 Å². The summed E-state index contributed by atoms with van der Waals surface area (Å²) in [4.78, 5) is 0. The third-order valence-corrected chi connectivity index (χ3v) is 20.7. The first kappa shape index (κ1) is 42.7. The van der Waals surface area contributed by atoms with Gasteiger partial charge in [-0.3, -0.25) is 0 Å². The molecule has 364 valence electrons. The van der Waals surface area contributed by atoms with Crippen molar-refractivity contribution < 1.29 is 0 Å². The van der Waals surface area contributed by atoms with Crippen LogP contribution < -0.4 is 0 Å². The Balaban J connectivity index is 0.728. The van der Waals surface area contributed by atoms with Crippen molar-refractivity contribution in [3.05, 3.63) is 242 Å². The average Bonchev–Trinajstić information content (AvgIpc) is 4.43. The van der Waals surface area contributed by atoms with Crippen LogP contribution in [0.15, 0.2) is 231 Å². The lowest BCUT2D eigenvalue weighted by Crippen LogP contribution is -2.55. The Labute approximate surface area is 451 Å². The van der Waals surface area contributed by atoms with Crippen LogP contribution in [-0.2, 0) is 5.41 Å². The number of nitrogens with zero attached hydrogens (tertiary/aromatic N) is 2. The molecule has 0 atom stereocenters. The van der Waals surface area contributed by atoms with Gasteiger partial charge in [-0.05, 0) is 189 Å². The summed E-state index contributed by atoms with van der Waals surface area (Å²) >= 11 is 1.89. The molecule has 4 saturated carbocycles. The Morgan fingerprint density at radius 1 is 0.325 bits per heavy atom. The predicted octanol–water partition coefficient (Wildman–Crippen LogP) is 20.1. The molecular formula is C74H52N2S. The minimum atomic E-state index is 0.184. The summed E-state index contributed by atoms with van der Waals surface area (Å²) in [5.74, 6) is 3.42. The molecule has 0 unspecified atom stereocenters. The van der Waals surface area contributed by atoms with Crippen molar-refractivity contribution >= 4 is 85.9 Å². The van der Waals surface area contributed by atoms with Gasteiger partial charge >= 0.3 is 0 Å². The van der Waals surface area contributed by atoms with Crippen LogP contribution in [0.25, 0.3) is 130 Å². The topological polar surface area (TPSA) is 9.86 Å². The van der Waals surface area contributed by atoms with Gasteiger partial charge in [0.05, 0.1) is 32.5 Å². The van der Waals surface area contributed by atoms with Crippen molar-refractivity contribution in [3.8, 4) is 55.9 Å². The second kappa shape index (κ2) is 15.8. The lowest BCUT2D eigenvalue weighted by atomic mass is 9.43. The van der Waals surface area contributed by atoms with Crippen molar-refractivity contribution in [2.45, 2.75) is 37.5 Å². The molecule has 0 N–H and O–H groups in total. The molecule has 1 spiro atoms. The van der Waals surface area contributed by atoms with E-state index in [2.05, 4.69) is 240 Å². The molecule has 14 aromatic rings. The maximum absolute atomic E-state index is 2.57. The molecule has 3 heteroatoms. The predicted molar refractivity (Wildman–Crippen MR) is 325 cm³/mol. The summed E-state index contributed by atoms with van der Waals surface area (Å²) in [5, 5.41) is 10.3. The van der Waals surface area contributed by atoms with E-state index in [1.165, 1.54) is 157 Å². The molecule has 3 heterocycles. The molecule has 0 aliphatic heterocycles. The standard InChI is InChI=1S/C74H52N2S/c1-5-24-65-57(15-1)62-43-49(29-32-66(62)74(65)50-36-44-35-45(38-50)39-51(74)37-44)54-20-11-21-55-53(19-10-22-56(54)55)48-13-9-14-52(40-48)75-67-25-6-2-16-58(67)63-41-46(30-33-69(63)75)47-31-34-70-64(42-47)59-17-3-7-26-68(59)76(70)71-27-12-23-61-60-18-4-8-28-72(60)77-73(61)71/h1-34,40-45,50-51H,35-39H2. The lowest BCUT2D eigenvalue weighted by Gasteiger charge is -2.61. The number of para-hydroxylation sites is 2. The van der Waals surface area contributed by atoms with Gasteiger partial charge in [0.2, 0.25) is 0 Å². The lowest BCUT2D eigenvalue weighted by molar-refractivity contribution is -0.0399. The van der Waals surface area contributed by atoms with Crippen molar-refractivity contribution in [3.63, 3.8) is 0 Å². The zero-order chi connectivity index (χ0) is 50.1. The first-order chi connectivity index (χ1) is 38.1. The van der Waals surface area contributed by atoms with Gasteiger partial charge in [0.25, 0.3) is 0 Å². The Hall–Kier alpha value is -8.50. The third-order valence-electron chi connectivity index (χ3n) is 19.5. The maximum Gasteiger partial charge on any atom is 0.0640 e. The van der Waals surface area contributed by atoms with Gasteiger partial charge < -0.3 is 9.13 Å². The Morgan fingerprint density at radius 3 is 1.57 bits per heavy atom. The van der Waals surface area contributed by atoms with E-state index in [9.17, 15) is 0 Å². The molecule has 0 amide bonds. The molecule has 5 aliphatic carbocycles. The summed E-state index contributed by atoms with van der Waals surface area (Å²) in [6.45, 7) is 0. The first-order valence-electron chi connectivity index (χ1n) is 28.0. The zero-order valence-electron chi connectivity index (χ0n) is 42.6. The van der Waals surface area contributed by atoms with Crippen molar-refractivity contribution in [1.29, 1.82) is 0 Å². The van der Waals surface area contributed by atoms with Crippen molar-refractivity contribution in [1.82, 2.24) is 9.13 Å². The van der Waals surface area contributed by atoms with E-state index in [-0.39, 0.29) is 5.41 Å². The normalized spacial score (nSPS) is 20.3. The largest absolute Gasteiger partial charge is 0.309 e. The highest BCUT2D eigenvalue weighted by Gasteiger charge is 2.61. The number of benzene rings is 11. The molecule has 0 radical (unpaired) electrons. The Bertz CT molecular complexity index is 4820. The minimum Gasteiger partial charge on any atom is -0.309 e. The Morgan fingerprint density at radius 2 is 0.844 bits per heavy atom. The number of aromatic nitrogens is 2. The second-order valence-corrected chi connectivity index (χ2v) is 24.2. The summed E-state index contributed by atoms with van der Waals surface area (Å²) in [6, 6.07) is 87.8. The van der Waals surface area contributed by atoms with Gasteiger partial charge in [-0.2, -0.15) is 0 Å². The summed E-state index contributed by atoms with van der Waals surface area (Å²) in [5.41, 5.74) is 21.2. The number of fused-ring (bicyclic) bond motifs is 13. The smallest absolute Gasteiger partial charge is 0.0640 e. The fourth-order valence-corrected chi connectivity index (χ4v) is 17.9. The van der Waals surface area contributed by atoms with E-state index in [0.29, 0.717) is 0 Å². The van der Waals surface area contributed by atoms with Crippen LogP contribution in [0.3, 0.4) is 0 Å². The van der Waals surface area contributed by atoms with Gasteiger partial charge in [-0.15, -0.1) is 11.3 Å². The van der Waals surface area contributed by atoms with Crippen LogP contribution in [0.5, 0.6) is 0 Å². The van der Waals surface area contributed by atoms with Gasteiger partial charge in [0, 0.05) is 48.1 Å². The summed E-state index contributed by atoms with van der Waals surface area (Å²) in [7, 11) is 0. The third kappa shape index (κ3) is 5.85. The van der Waals surface area contributed by atoms with E-state index in [1.54, 1.807) is 11.1 Å². The van der Waals surface area contributed by atoms with Crippen LogP contribution >= 0.6 is 11.3 Å².